The molecule has 3 fully saturated rings. The first kappa shape index (κ1) is 63.6. The van der Waals surface area contributed by atoms with E-state index in [-0.39, 0.29) is 66.1 Å². The summed E-state index contributed by atoms with van der Waals surface area (Å²) in [5, 5.41) is 12.1. The van der Waals surface area contributed by atoms with Crippen LogP contribution in [0.1, 0.15) is 139 Å². The second kappa shape index (κ2) is 28.6. The number of allylic oxidation sites excluding steroid dienone is 5. The number of cyclic esters (lactones) is 1. The van der Waals surface area contributed by atoms with Crippen molar-refractivity contribution in [2.24, 2.45) is 35.3 Å². The van der Waals surface area contributed by atoms with E-state index in [1.165, 1.54) is 12.0 Å². The van der Waals surface area contributed by atoms with Crippen molar-refractivity contribution >= 4 is 31.8 Å². The Morgan fingerprint density at radius 2 is 1.46 bits per heavy atom. The molecule has 15 nitrogen and oxygen atoms in total. The number of nitrogens with zero attached hydrogens (tertiary/aromatic N) is 1. The van der Waals surface area contributed by atoms with Crippen LogP contribution < -0.4 is 5.73 Å². The molecular weight excluding hydrogens is 961 g/mol. The van der Waals surface area contributed by atoms with Gasteiger partial charge in [-0.1, -0.05) is 84.9 Å². The van der Waals surface area contributed by atoms with Gasteiger partial charge in [-0.25, -0.2) is 4.79 Å². The first-order valence-electron chi connectivity index (χ1n) is 27.5. The number of esters is 1. The molecular formula is C58H98N2O13Si. The Morgan fingerprint density at radius 3 is 2.08 bits per heavy atom. The second-order valence-electron chi connectivity index (χ2n) is 23.7. The van der Waals surface area contributed by atoms with Crippen LogP contribution in [0.15, 0.2) is 47.6 Å². The summed E-state index contributed by atoms with van der Waals surface area (Å²) in [6.45, 7) is 22.9. The molecule has 422 valence electrons. The Hall–Kier alpha value is -2.90. The van der Waals surface area contributed by atoms with Crippen molar-refractivity contribution < 1.29 is 61.9 Å². The van der Waals surface area contributed by atoms with Crippen LogP contribution in [0.5, 0.6) is 0 Å². The molecule has 16 heteroatoms. The van der Waals surface area contributed by atoms with E-state index in [2.05, 4.69) is 46.9 Å². The molecule has 0 aromatic carbocycles. The largest absolute Gasteiger partial charge is 0.459 e. The fourth-order valence-corrected chi connectivity index (χ4v) is 12.7. The third-order valence-corrected chi connectivity index (χ3v) is 21.6. The maximum absolute atomic E-state index is 14.8. The first-order valence-corrected chi connectivity index (χ1v) is 30.4. The number of rotatable bonds is 10. The topological polar surface area (TPSA) is 192 Å². The summed E-state index contributed by atoms with van der Waals surface area (Å²) < 4.78 is 49.7. The zero-order valence-electron chi connectivity index (χ0n) is 48.2. The highest BCUT2D eigenvalue weighted by Gasteiger charge is 2.53. The fourth-order valence-electron chi connectivity index (χ4n) is 11.3. The van der Waals surface area contributed by atoms with Crippen molar-refractivity contribution in [2.75, 3.05) is 42.1 Å². The summed E-state index contributed by atoms with van der Waals surface area (Å²) in [4.78, 5) is 59.0. The van der Waals surface area contributed by atoms with Gasteiger partial charge in [0.05, 0.1) is 30.5 Å². The van der Waals surface area contributed by atoms with Gasteiger partial charge in [0.1, 0.15) is 24.4 Å². The minimum Gasteiger partial charge on any atom is -0.459 e. The number of hydrogen-bond acceptors (Lipinski definition) is 14. The second-order valence-corrected chi connectivity index (χ2v) is 28.5. The quantitative estimate of drug-likeness (QED) is 0.0912. The maximum atomic E-state index is 14.8. The first-order chi connectivity index (χ1) is 34.8. The molecule has 0 aromatic rings. The van der Waals surface area contributed by atoms with Crippen LogP contribution in [0.3, 0.4) is 0 Å². The zero-order chi connectivity index (χ0) is 55.3. The molecule has 0 radical (unpaired) electrons. The molecule has 1 saturated carbocycles. The van der Waals surface area contributed by atoms with E-state index in [1.54, 1.807) is 35.4 Å². The smallest absolute Gasteiger partial charge is 0.329 e. The molecule has 2 saturated heterocycles. The van der Waals surface area contributed by atoms with Gasteiger partial charge in [0, 0.05) is 78.7 Å². The van der Waals surface area contributed by atoms with Crippen LogP contribution in [0, 0.1) is 29.6 Å². The van der Waals surface area contributed by atoms with Crippen LogP contribution in [-0.4, -0.2) is 151 Å². The molecule has 0 spiro atoms. The molecule has 3 heterocycles. The van der Waals surface area contributed by atoms with Crippen molar-refractivity contribution in [3.63, 3.8) is 0 Å². The van der Waals surface area contributed by atoms with E-state index in [1.807, 2.05) is 58.1 Å². The molecule has 1 amide bonds. The number of hydrogen-bond donors (Lipinski definition) is 2. The Bertz CT molecular complexity index is 1960. The number of fused-ring (bicyclic) bond motifs is 3. The number of piperidine rings is 1. The van der Waals surface area contributed by atoms with Crippen LogP contribution in [0.2, 0.25) is 18.1 Å². The van der Waals surface area contributed by atoms with Gasteiger partial charge in [-0.15, -0.1) is 0 Å². The number of carbonyl (C=O) groups is 4. The van der Waals surface area contributed by atoms with Crippen LogP contribution >= 0.6 is 0 Å². The molecule has 3 aliphatic heterocycles. The number of ketones is 2. The Balaban J connectivity index is 1.74. The molecule has 4 aliphatic rings. The van der Waals surface area contributed by atoms with Gasteiger partial charge in [-0.3, -0.25) is 14.4 Å². The summed E-state index contributed by atoms with van der Waals surface area (Å²) >= 11 is 0. The average Bonchev–Trinajstić information content (AvgIpc) is 3.35. The zero-order valence-corrected chi connectivity index (χ0v) is 49.2. The molecule has 1 aliphatic carbocycles. The predicted molar refractivity (Wildman–Crippen MR) is 291 cm³/mol. The van der Waals surface area contributed by atoms with Gasteiger partial charge in [0.25, 0.3) is 11.7 Å². The number of aliphatic hydroxyl groups is 1. The highest BCUT2D eigenvalue weighted by Crippen LogP contribution is 2.42. The molecule has 74 heavy (non-hydrogen) atoms. The monoisotopic (exact) mass is 1060 g/mol. The Morgan fingerprint density at radius 1 is 0.784 bits per heavy atom. The number of carbonyl (C=O) groups excluding carboxylic acids is 4. The van der Waals surface area contributed by atoms with Gasteiger partial charge >= 0.3 is 5.97 Å². The minimum atomic E-state index is -2.41. The average molecular weight is 1060 g/mol. The van der Waals surface area contributed by atoms with Crippen molar-refractivity contribution in [2.45, 2.75) is 224 Å². The van der Waals surface area contributed by atoms with E-state index < -0.39 is 86.4 Å². The minimum absolute atomic E-state index is 0.0386. The number of amides is 1. The van der Waals surface area contributed by atoms with Crippen molar-refractivity contribution in [3.05, 3.63) is 47.6 Å². The van der Waals surface area contributed by atoms with E-state index in [9.17, 15) is 24.3 Å². The predicted octanol–water partition coefficient (Wildman–Crippen LogP) is 9.00. The van der Waals surface area contributed by atoms with Crippen molar-refractivity contribution in [1.82, 2.24) is 4.90 Å². The fraction of sp³-hybridized carbons (Fsp3) is 0.793. The third kappa shape index (κ3) is 16.6. The van der Waals surface area contributed by atoms with Crippen molar-refractivity contribution in [3.8, 4) is 0 Å². The summed E-state index contributed by atoms with van der Waals surface area (Å²) in [7, 11) is 5.95. The summed E-state index contributed by atoms with van der Waals surface area (Å²) in [5.74, 6) is -6.32. The molecule has 16 atom stereocenters. The lowest BCUT2D eigenvalue weighted by atomic mass is 9.80. The van der Waals surface area contributed by atoms with Gasteiger partial charge in [0.2, 0.25) is 5.79 Å². The lowest BCUT2D eigenvalue weighted by Gasteiger charge is -2.44. The molecule has 3 N–H and O–H groups in total. The molecule has 4 rings (SSSR count). The molecule has 1 unspecified atom stereocenters. The molecule has 0 aromatic heterocycles. The van der Waals surface area contributed by atoms with Crippen molar-refractivity contribution in [1.29, 1.82) is 0 Å². The summed E-state index contributed by atoms with van der Waals surface area (Å²) in [6, 6.07) is -1.75. The van der Waals surface area contributed by atoms with Gasteiger partial charge < -0.3 is 53.3 Å². The van der Waals surface area contributed by atoms with Gasteiger partial charge in [0.15, 0.2) is 14.1 Å². The van der Waals surface area contributed by atoms with E-state index in [4.69, 9.17) is 43.3 Å². The van der Waals surface area contributed by atoms with E-state index >= 15 is 0 Å². The van der Waals surface area contributed by atoms with Crippen LogP contribution in [-0.2, 0) is 56.8 Å². The highest BCUT2D eigenvalue weighted by molar-refractivity contribution is 6.74. The standard InChI is InChI=1S/C58H98N2O13Si/c1-36-22-18-17-19-23-37(2)47(66-10)34-43-27-25-41(6)58(65,72-43)54(62)55(63)60-29-21-20-24-45(60)56(64)71-49(44(59)32-42-26-28-46(50(33-42)68-12)73-74(15,16)57(7,8)9)35-48(67-11)38(3)31-40(5)52(69-13)53(70-14)51(61)39(4)30-36/h17-19,22-23,31,36,38-39,41-50,52-53,65H,20-21,24-30,32-35,59H2,1-16H3/b19-17?,22-18+,37-23?,40-31+/t36-,38-,39-,41-,42+,43+,44-,45+,46?,47+,48-,49+,50-,52-,53+,58-/m1/s1. The number of Topliss-reactive ketones (excluding diaryl/α,β-unsaturated/α-hetero) is 2. The van der Waals surface area contributed by atoms with Gasteiger partial charge in [-0.2, -0.15) is 0 Å². The lowest BCUT2D eigenvalue weighted by molar-refractivity contribution is -0.265. The SMILES string of the molecule is CO[C@H]1C[C@@H]2CC[C@@H](C)[C@@](O)(O2)C(=O)C(=O)N2CCCC[C@H]2C(=O)O[C@H]([C@H](N)C[C@@H]2CCC(O[Si](C)(C)C(C)(C)C)[C@H](OC)C2)C[C@@H](OC)[C@H](C)/C=C(\C)[C@@H](OC)[C@@H](OC)C(=O)[C@H](C)C[C@H](C)/C=C/C=CC=C1C. The summed E-state index contributed by atoms with van der Waals surface area (Å²) in [6.07, 6.45) is 14.2. The van der Waals surface area contributed by atoms with E-state index in [0.717, 1.165) is 30.4 Å². The van der Waals surface area contributed by atoms with Crippen LogP contribution in [0.25, 0.3) is 0 Å². The highest BCUT2D eigenvalue weighted by atomic mass is 28.4. The number of ether oxygens (including phenoxy) is 7. The maximum Gasteiger partial charge on any atom is 0.329 e. The lowest BCUT2D eigenvalue weighted by Crippen LogP contribution is -2.61. The number of methoxy groups -OCH3 is 5. The van der Waals surface area contributed by atoms with Gasteiger partial charge in [-0.05, 0) is 119 Å². The van der Waals surface area contributed by atoms with E-state index in [0.29, 0.717) is 44.9 Å². The Kier molecular flexibility index (Phi) is 24.6. The molecule has 2 bridgehead atoms. The normalized spacial score (nSPS) is 37.3. The third-order valence-electron chi connectivity index (χ3n) is 17.1. The number of nitrogens with two attached hydrogens (primary N) is 1. The van der Waals surface area contributed by atoms with Crippen LogP contribution in [0.4, 0.5) is 0 Å². The summed E-state index contributed by atoms with van der Waals surface area (Å²) in [5.41, 5.74) is 8.91. The Labute approximate surface area is 446 Å².